The van der Waals surface area contributed by atoms with E-state index in [1.807, 2.05) is 0 Å². The zero-order valence-corrected chi connectivity index (χ0v) is 17.2. The quantitative estimate of drug-likeness (QED) is 0.685. The number of rotatable bonds is 3. The Morgan fingerprint density at radius 3 is 2.36 bits per heavy atom. The first-order valence-electron chi connectivity index (χ1n) is 8.19. The molecule has 0 aromatic carbocycles. The van der Waals surface area contributed by atoms with Gasteiger partial charge < -0.3 is 9.47 Å². The molecule has 0 atom stereocenters. The van der Waals surface area contributed by atoms with Gasteiger partial charge in [-0.1, -0.05) is 11.8 Å². The number of amides is 2. The monoisotopic (exact) mass is 446 g/mol. The molecule has 2 N–H and O–H groups in total. The third kappa shape index (κ3) is 8.05. The lowest BCUT2D eigenvalue weighted by molar-refractivity contribution is 0.0636. The van der Waals surface area contributed by atoms with E-state index in [0.717, 1.165) is 4.47 Å². The van der Waals surface area contributed by atoms with E-state index in [-0.39, 0.29) is 6.61 Å². The van der Waals surface area contributed by atoms with Crippen molar-refractivity contribution in [3.63, 3.8) is 0 Å². The van der Waals surface area contributed by atoms with Crippen LogP contribution >= 0.6 is 15.9 Å². The fourth-order valence-electron chi connectivity index (χ4n) is 1.87. The predicted octanol–water partition coefficient (Wildman–Crippen LogP) is 4.19. The van der Waals surface area contributed by atoms with Gasteiger partial charge in [0.05, 0.1) is 23.8 Å². The van der Waals surface area contributed by atoms with E-state index in [1.54, 1.807) is 39.1 Å². The molecule has 0 aliphatic carbocycles. The molecule has 0 aliphatic rings. The van der Waals surface area contributed by atoms with Crippen LogP contribution in [0.25, 0.3) is 0 Å². The summed E-state index contributed by atoms with van der Waals surface area (Å²) in [7, 11) is 0. The van der Waals surface area contributed by atoms with Crippen molar-refractivity contribution in [2.45, 2.75) is 26.4 Å². The number of anilines is 2. The van der Waals surface area contributed by atoms with Gasteiger partial charge in [0.1, 0.15) is 5.60 Å². The van der Waals surface area contributed by atoms with Crippen molar-refractivity contribution in [1.29, 1.82) is 0 Å². The van der Waals surface area contributed by atoms with Crippen molar-refractivity contribution in [3.8, 4) is 11.8 Å². The molecule has 0 aliphatic heterocycles. The first kappa shape index (κ1) is 21.2. The van der Waals surface area contributed by atoms with Crippen LogP contribution in [-0.4, -0.2) is 34.4 Å². The number of carbonyl (C=O) groups excluding carboxylic acids is 2. The summed E-state index contributed by atoms with van der Waals surface area (Å²) in [6.07, 6.45) is 4.87. The first-order valence-corrected chi connectivity index (χ1v) is 8.99. The second-order valence-corrected chi connectivity index (χ2v) is 7.40. The predicted molar refractivity (Wildman–Crippen MR) is 108 cm³/mol. The molecule has 0 fully saturated rings. The highest BCUT2D eigenvalue weighted by molar-refractivity contribution is 9.10. The minimum atomic E-state index is -0.646. The van der Waals surface area contributed by atoms with Crippen molar-refractivity contribution in [3.05, 3.63) is 47.0 Å². The van der Waals surface area contributed by atoms with Crippen LogP contribution in [0.4, 0.5) is 21.0 Å². The molecule has 2 aromatic rings. The first-order chi connectivity index (χ1) is 13.2. The molecule has 0 bridgehead atoms. The van der Waals surface area contributed by atoms with Gasteiger partial charge >= 0.3 is 12.2 Å². The summed E-state index contributed by atoms with van der Waals surface area (Å²) in [5.41, 5.74) is 0.895. The molecule has 2 heterocycles. The second-order valence-electron chi connectivity index (χ2n) is 6.48. The second kappa shape index (κ2) is 9.71. The van der Waals surface area contributed by atoms with Gasteiger partial charge in [-0.15, -0.1) is 0 Å². The average molecular weight is 447 g/mol. The van der Waals surface area contributed by atoms with Crippen molar-refractivity contribution in [2.75, 3.05) is 17.2 Å². The van der Waals surface area contributed by atoms with Gasteiger partial charge in [-0.05, 0) is 48.8 Å². The SMILES string of the molecule is CC(C)(C)OC(=O)Nc1cncc(C#CCOC(=O)Nc2cncc(Br)c2)c1. The zero-order valence-electron chi connectivity index (χ0n) is 15.6. The van der Waals surface area contributed by atoms with Gasteiger partial charge in [0.25, 0.3) is 0 Å². The highest BCUT2D eigenvalue weighted by Crippen LogP contribution is 2.14. The van der Waals surface area contributed by atoms with E-state index in [2.05, 4.69) is 48.4 Å². The maximum absolute atomic E-state index is 11.8. The van der Waals surface area contributed by atoms with E-state index in [0.29, 0.717) is 16.9 Å². The van der Waals surface area contributed by atoms with Crippen molar-refractivity contribution in [2.24, 2.45) is 0 Å². The van der Waals surface area contributed by atoms with Crippen LogP contribution < -0.4 is 10.6 Å². The van der Waals surface area contributed by atoms with Crippen molar-refractivity contribution in [1.82, 2.24) is 9.97 Å². The Bertz CT molecular complexity index is 916. The van der Waals surface area contributed by atoms with Crippen LogP contribution in [0.5, 0.6) is 0 Å². The fourth-order valence-corrected chi connectivity index (χ4v) is 2.24. The van der Waals surface area contributed by atoms with Crippen LogP contribution in [0.2, 0.25) is 0 Å². The van der Waals surface area contributed by atoms with Gasteiger partial charge in [0.15, 0.2) is 6.61 Å². The molecule has 146 valence electrons. The standard InChI is InChI=1S/C19H19BrN4O4/c1-19(2,3)28-18(26)24-15-7-13(9-21-11-15)5-4-6-27-17(25)23-16-8-14(20)10-22-12-16/h7-12H,6H2,1-3H3,(H,23,25)(H,24,26). The summed E-state index contributed by atoms with van der Waals surface area (Å²) in [6, 6.07) is 3.33. The van der Waals surface area contributed by atoms with Gasteiger partial charge in [-0.2, -0.15) is 0 Å². The van der Waals surface area contributed by atoms with E-state index < -0.39 is 17.8 Å². The minimum Gasteiger partial charge on any atom is -0.444 e. The Hall–Kier alpha value is -3.12. The molecule has 0 saturated carbocycles. The zero-order chi connectivity index (χ0) is 20.6. The molecule has 8 nitrogen and oxygen atoms in total. The summed E-state index contributed by atoms with van der Waals surface area (Å²) >= 11 is 3.26. The van der Waals surface area contributed by atoms with Crippen LogP contribution in [0.15, 0.2) is 41.4 Å². The Labute approximate surface area is 171 Å². The number of aromatic nitrogens is 2. The molecule has 0 spiro atoms. The maximum atomic E-state index is 11.8. The summed E-state index contributed by atoms with van der Waals surface area (Å²) < 4.78 is 10.9. The molecule has 2 rings (SSSR count). The van der Waals surface area contributed by atoms with Crippen LogP contribution in [0.1, 0.15) is 26.3 Å². The molecule has 0 saturated heterocycles. The summed E-state index contributed by atoms with van der Waals surface area (Å²) in [5.74, 6) is 5.51. The molecule has 2 aromatic heterocycles. The number of nitrogens with one attached hydrogen (secondary N) is 2. The molecular formula is C19H19BrN4O4. The van der Waals surface area contributed by atoms with Crippen molar-refractivity contribution < 1.29 is 19.1 Å². The molecule has 28 heavy (non-hydrogen) atoms. The highest BCUT2D eigenvalue weighted by atomic mass is 79.9. The van der Waals surface area contributed by atoms with E-state index in [4.69, 9.17) is 9.47 Å². The largest absolute Gasteiger partial charge is 0.444 e. The third-order valence-electron chi connectivity index (χ3n) is 2.84. The molecule has 0 radical (unpaired) electrons. The number of pyridine rings is 2. The van der Waals surface area contributed by atoms with Crippen LogP contribution in [0, 0.1) is 11.8 Å². The van der Waals surface area contributed by atoms with Crippen LogP contribution in [0.3, 0.4) is 0 Å². The van der Waals surface area contributed by atoms with Crippen molar-refractivity contribution >= 4 is 39.5 Å². The van der Waals surface area contributed by atoms with E-state index in [1.165, 1.54) is 18.6 Å². The minimum absolute atomic E-state index is 0.114. The highest BCUT2D eigenvalue weighted by Gasteiger charge is 2.16. The Balaban J connectivity index is 1.85. The lowest BCUT2D eigenvalue weighted by Crippen LogP contribution is -2.27. The fraction of sp³-hybridized carbons (Fsp3) is 0.263. The van der Waals surface area contributed by atoms with E-state index in [9.17, 15) is 9.59 Å². The Morgan fingerprint density at radius 1 is 1.04 bits per heavy atom. The van der Waals surface area contributed by atoms with Gasteiger partial charge in [0, 0.05) is 22.4 Å². The van der Waals surface area contributed by atoms with E-state index >= 15 is 0 Å². The summed E-state index contributed by atoms with van der Waals surface area (Å²) in [4.78, 5) is 31.4. The molecular weight excluding hydrogens is 428 g/mol. The van der Waals surface area contributed by atoms with Gasteiger partial charge in [-0.3, -0.25) is 20.6 Å². The lowest BCUT2D eigenvalue weighted by Gasteiger charge is -2.19. The van der Waals surface area contributed by atoms with Crippen LogP contribution in [-0.2, 0) is 9.47 Å². The normalized spacial score (nSPS) is 10.3. The third-order valence-corrected chi connectivity index (χ3v) is 3.28. The number of hydrogen-bond donors (Lipinski definition) is 2. The number of carbonyl (C=O) groups is 2. The molecule has 9 heteroatoms. The van der Waals surface area contributed by atoms with Gasteiger partial charge in [-0.25, -0.2) is 9.59 Å². The number of ether oxygens (including phenoxy) is 2. The number of nitrogens with zero attached hydrogens (tertiary/aromatic N) is 2. The number of hydrogen-bond acceptors (Lipinski definition) is 6. The van der Waals surface area contributed by atoms with Gasteiger partial charge in [0.2, 0.25) is 0 Å². The topological polar surface area (TPSA) is 102 Å². The lowest BCUT2D eigenvalue weighted by atomic mass is 10.2. The maximum Gasteiger partial charge on any atom is 0.412 e. The smallest absolute Gasteiger partial charge is 0.412 e. The number of halogens is 1. The molecule has 2 amide bonds. The Kier molecular flexibility index (Phi) is 7.35. The Morgan fingerprint density at radius 2 is 1.68 bits per heavy atom. The summed E-state index contributed by atoms with van der Waals surface area (Å²) in [6.45, 7) is 5.21. The average Bonchev–Trinajstić information content (AvgIpc) is 2.57. The molecule has 0 unspecified atom stereocenters. The summed E-state index contributed by atoms with van der Waals surface area (Å²) in [5, 5.41) is 5.12.